The summed E-state index contributed by atoms with van der Waals surface area (Å²) in [7, 11) is 0. The maximum absolute atomic E-state index is 12.6. The molecule has 1 N–H and O–H groups in total. The Bertz CT molecular complexity index is 771. The lowest BCUT2D eigenvalue weighted by atomic mass is 10.0. The summed E-state index contributed by atoms with van der Waals surface area (Å²) in [5.41, 5.74) is 3.50. The summed E-state index contributed by atoms with van der Waals surface area (Å²) in [4.78, 5) is 15.7. The lowest BCUT2D eigenvalue weighted by Gasteiger charge is -2.02. The van der Waals surface area contributed by atoms with Crippen LogP contribution in [0.2, 0.25) is 5.02 Å². The third-order valence-corrected chi connectivity index (χ3v) is 3.75. The summed E-state index contributed by atoms with van der Waals surface area (Å²) in [5.74, 6) is 0.0150. The van der Waals surface area contributed by atoms with E-state index >= 15 is 0 Å². The highest BCUT2D eigenvalue weighted by Crippen LogP contribution is 2.24. The monoisotopic (exact) mass is 283 g/mol. The number of carbonyl (C=O) groups is 1. The molecule has 0 fully saturated rings. The predicted octanol–water partition coefficient (Wildman–Crippen LogP) is 4.61. The van der Waals surface area contributed by atoms with E-state index in [0.717, 1.165) is 17.3 Å². The van der Waals surface area contributed by atoms with E-state index in [-0.39, 0.29) is 5.78 Å². The molecule has 0 bridgehead atoms. The molecule has 20 heavy (non-hydrogen) atoms. The Kier molecular flexibility index (Phi) is 3.33. The van der Waals surface area contributed by atoms with Crippen molar-refractivity contribution < 1.29 is 4.79 Å². The second kappa shape index (κ2) is 5.14. The topological polar surface area (TPSA) is 32.9 Å². The summed E-state index contributed by atoms with van der Waals surface area (Å²) < 4.78 is 0. The molecule has 0 amide bonds. The number of benzene rings is 2. The number of aromatic nitrogens is 1. The van der Waals surface area contributed by atoms with E-state index < -0.39 is 0 Å². The fourth-order valence-electron chi connectivity index (χ4n) is 2.33. The zero-order valence-electron chi connectivity index (χ0n) is 11.1. The highest BCUT2D eigenvalue weighted by molar-refractivity contribution is 6.31. The van der Waals surface area contributed by atoms with E-state index in [4.69, 9.17) is 11.6 Å². The normalized spacial score (nSPS) is 10.9. The van der Waals surface area contributed by atoms with Gasteiger partial charge in [0.2, 0.25) is 0 Å². The first-order valence-electron chi connectivity index (χ1n) is 6.59. The molecule has 0 saturated heterocycles. The van der Waals surface area contributed by atoms with Crippen LogP contribution in [0, 0.1) is 0 Å². The van der Waals surface area contributed by atoms with E-state index in [1.807, 2.05) is 42.5 Å². The highest BCUT2D eigenvalue weighted by atomic mass is 35.5. The van der Waals surface area contributed by atoms with E-state index in [0.29, 0.717) is 16.1 Å². The van der Waals surface area contributed by atoms with Crippen LogP contribution in [0.5, 0.6) is 0 Å². The van der Waals surface area contributed by atoms with Crippen molar-refractivity contribution >= 4 is 28.3 Å². The minimum Gasteiger partial charge on any atom is -0.360 e. The van der Waals surface area contributed by atoms with Crippen molar-refractivity contribution in [3.05, 3.63) is 70.4 Å². The minimum absolute atomic E-state index is 0.0150. The number of rotatable bonds is 3. The first kappa shape index (κ1) is 12.9. The first-order chi connectivity index (χ1) is 9.69. The van der Waals surface area contributed by atoms with Gasteiger partial charge in [-0.15, -0.1) is 0 Å². The Balaban J connectivity index is 2.05. The Morgan fingerprint density at radius 1 is 1.15 bits per heavy atom. The lowest BCUT2D eigenvalue weighted by molar-refractivity contribution is 0.104. The van der Waals surface area contributed by atoms with Crippen LogP contribution in [0.15, 0.2) is 48.7 Å². The smallest absolute Gasteiger partial charge is 0.195 e. The molecule has 1 heterocycles. The summed E-state index contributed by atoms with van der Waals surface area (Å²) >= 11 is 6.01. The van der Waals surface area contributed by atoms with Crippen LogP contribution < -0.4 is 0 Å². The molecule has 1 aromatic heterocycles. The molecule has 0 aliphatic heterocycles. The maximum atomic E-state index is 12.6. The molecule has 3 rings (SSSR count). The molecule has 0 radical (unpaired) electrons. The van der Waals surface area contributed by atoms with E-state index in [1.54, 1.807) is 6.20 Å². The van der Waals surface area contributed by atoms with Gasteiger partial charge in [0.1, 0.15) is 0 Å². The van der Waals surface area contributed by atoms with Gasteiger partial charge in [0.05, 0.1) is 0 Å². The number of aryl methyl sites for hydroxylation is 1. The summed E-state index contributed by atoms with van der Waals surface area (Å²) in [5, 5.41) is 1.49. The van der Waals surface area contributed by atoms with Gasteiger partial charge in [-0.1, -0.05) is 42.8 Å². The van der Waals surface area contributed by atoms with Gasteiger partial charge in [0, 0.05) is 33.2 Å². The van der Waals surface area contributed by atoms with Crippen LogP contribution >= 0.6 is 11.6 Å². The zero-order chi connectivity index (χ0) is 14.1. The second-order valence-corrected chi connectivity index (χ2v) is 5.21. The minimum atomic E-state index is 0.0150. The number of carbonyl (C=O) groups excluding carboxylic acids is 1. The molecule has 2 aromatic carbocycles. The molecular weight excluding hydrogens is 270 g/mol. The fraction of sp³-hybridized carbons (Fsp3) is 0.118. The number of nitrogens with one attached hydrogen (secondary N) is 1. The van der Waals surface area contributed by atoms with Gasteiger partial charge in [0.25, 0.3) is 0 Å². The molecule has 100 valence electrons. The summed E-state index contributed by atoms with van der Waals surface area (Å²) in [6.45, 7) is 2.10. The number of hydrogen-bond donors (Lipinski definition) is 1. The van der Waals surface area contributed by atoms with Crippen LogP contribution in [0.1, 0.15) is 28.4 Å². The standard InChI is InChI=1S/C17H14ClNO/c1-2-11-3-5-12(6-4-11)17(20)15-10-19-16-8-7-13(18)9-14(15)16/h3-10,19H,2H2,1H3. The zero-order valence-corrected chi connectivity index (χ0v) is 11.9. The fourth-order valence-corrected chi connectivity index (χ4v) is 2.50. The van der Waals surface area contributed by atoms with Crippen LogP contribution in [0.25, 0.3) is 10.9 Å². The van der Waals surface area contributed by atoms with Crippen molar-refractivity contribution in [2.24, 2.45) is 0 Å². The van der Waals surface area contributed by atoms with Crippen molar-refractivity contribution in [1.82, 2.24) is 4.98 Å². The van der Waals surface area contributed by atoms with Crippen molar-refractivity contribution in [2.75, 3.05) is 0 Å². The van der Waals surface area contributed by atoms with Crippen LogP contribution in [0.4, 0.5) is 0 Å². The molecule has 0 spiro atoms. The number of fused-ring (bicyclic) bond motifs is 1. The van der Waals surface area contributed by atoms with Crippen LogP contribution in [-0.4, -0.2) is 10.8 Å². The van der Waals surface area contributed by atoms with Gasteiger partial charge >= 0.3 is 0 Å². The molecule has 0 aliphatic rings. The molecule has 2 nitrogen and oxygen atoms in total. The first-order valence-corrected chi connectivity index (χ1v) is 6.97. The Morgan fingerprint density at radius 3 is 2.60 bits per heavy atom. The van der Waals surface area contributed by atoms with Crippen molar-refractivity contribution in [3.63, 3.8) is 0 Å². The third-order valence-electron chi connectivity index (χ3n) is 3.51. The quantitative estimate of drug-likeness (QED) is 0.699. The molecule has 0 aliphatic carbocycles. The molecule has 3 aromatic rings. The van der Waals surface area contributed by atoms with Gasteiger partial charge in [-0.2, -0.15) is 0 Å². The van der Waals surface area contributed by atoms with Crippen molar-refractivity contribution in [1.29, 1.82) is 0 Å². The molecular formula is C17H14ClNO. The van der Waals surface area contributed by atoms with Crippen molar-refractivity contribution in [3.8, 4) is 0 Å². The number of H-pyrrole nitrogens is 1. The Labute approximate surface area is 122 Å². The van der Waals surface area contributed by atoms with Crippen molar-refractivity contribution in [2.45, 2.75) is 13.3 Å². The molecule has 0 unspecified atom stereocenters. The number of halogens is 1. The highest BCUT2D eigenvalue weighted by Gasteiger charge is 2.14. The summed E-state index contributed by atoms with van der Waals surface area (Å²) in [6, 6.07) is 13.3. The van der Waals surface area contributed by atoms with Crippen LogP contribution in [0.3, 0.4) is 0 Å². The van der Waals surface area contributed by atoms with Gasteiger partial charge < -0.3 is 4.98 Å². The second-order valence-electron chi connectivity index (χ2n) is 4.77. The van der Waals surface area contributed by atoms with E-state index in [1.165, 1.54) is 5.56 Å². The molecule has 0 atom stereocenters. The summed E-state index contributed by atoms with van der Waals surface area (Å²) in [6.07, 6.45) is 2.72. The SMILES string of the molecule is CCc1ccc(C(=O)c2c[nH]c3ccc(Cl)cc23)cc1. The Hall–Kier alpha value is -2.06. The Morgan fingerprint density at radius 2 is 1.90 bits per heavy atom. The molecule has 3 heteroatoms. The van der Waals surface area contributed by atoms with Gasteiger partial charge in [-0.25, -0.2) is 0 Å². The number of hydrogen-bond acceptors (Lipinski definition) is 1. The average molecular weight is 284 g/mol. The average Bonchev–Trinajstić information content (AvgIpc) is 2.89. The van der Waals surface area contributed by atoms with Gasteiger partial charge in [-0.05, 0) is 30.2 Å². The maximum Gasteiger partial charge on any atom is 0.195 e. The van der Waals surface area contributed by atoms with E-state index in [9.17, 15) is 4.79 Å². The van der Waals surface area contributed by atoms with Crippen LogP contribution in [-0.2, 0) is 6.42 Å². The lowest BCUT2D eigenvalue weighted by Crippen LogP contribution is -2.00. The molecule has 0 saturated carbocycles. The van der Waals surface area contributed by atoms with Gasteiger partial charge in [-0.3, -0.25) is 4.79 Å². The van der Waals surface area contributed by atoms with E-state index in [2.05, 4.69) is 11.9 Å². The third kappa shape index (κ3) is 2.23. The largest absolute Gasteiger partial charge is 0.360 e. The number of ketones is 1. The predicted molar refractivity (Wildman–Crippen MR) is 82.6 cm³/mol. The van der Waals surface area contributed by atoms with Gasteiger partial charge in [0.15, 0.2) is 5.78 Å². The number of aromatic amines is 1.